The van der Waals surface area contributed by atoms with Gasteiger partial charge in [0.2, 0.25) is 0 Å². The SMILES string of the molecule is Cc1nn(CC2CCC(C)(C)O2)cc1CN. The molecule has 0 bridgehead atoms. The van der Waals surface area contributed by atoms with Crippen LogP contribution in [0.25, 0.3) is 0 Å². The van der Waals surface area contributed by atoms with E-state index in [1.165, 1.54) is 0 Å². The number of aryl methyl sites for hydroxylation is 1. The van der Waals surface area contributed by atoms with Crippen LogP contribution in [0.1, 0.15) is 37.9 Å². The van der Waals surface area contributed by atoms with E-state index in [1.807, 2.05) is 17.8 Å². The van der Waals surface area contributed by atoms with Gasteiger partial charge in [0.15, 0.2) is 0 Å². The summed E-state index contributed by atoms with van der Waals surface area (Å²) in [6, 6.07) is 0. The summed E-state index contributed by atoms with van der Waals surface area (Å²) < 4.78 is 7.91. The van der Waals surface area contributed by atoms with Gasteiger partial charge in [-0.1, -0.05) is 0 Å². The molecule has 0 amide bonds. The molecule has 90 valence electrons. The number of rotatable bonds is 3. The fraction of sp³-hybridized carbons (Fsp3) is 0.750. The van der Waals surface area contributed by atoms with E-state index in [1.54, 1.807) is 0 Å². The second-order valence-corrected chi connectivity index (χ2v) is 5.20. The van der Waals surface area contributed by atoms with E-state index in [-0.39, 0.29) is 5.60 Å². The van der Waals surface area contributed by atoms with Crippen LogP contribution in [-0.4, -0.2) is 21.5 Å². The highest BCUT2D eigenvalue weighted by molar-refractivity contribution is 5.14. The van der Waals surface area contributed by atoms with Gasteiger partial charge in [0.05, 0.1) is 23.9 Å². The Morgan fingerprint density at radius 2 is 2.38 bits per heavy atom. The fourth-order valence-electron chi connectivity index (χ4n) is 2.27. The number of nitrogens with zero attached hydrogens (tertiary/aromatic N) is 2. The zero-order valence-corrected chi connectivity index (χ0v) is 10.4. The first kappa shape index (κ1) is 11.6. The molecule has 2 rings (SSSR count). The first-order valence-electron chi connectivity index (χ1n) is 5.91. The molecular formula is C12H21N3O. The van der Waals surface area contributed by atoms with Gasteiger partial charge < -0.3 is 10.5 Å². The average molecular weight is 223 g/mol. The largest absolute Gasteiger partial charge is 0.370 e. The molecule has 0 spiro atoms. The summed E-state index contributed by atoms with van der Waals surface area (Å²) in [6.07, 6.45) is 4.56. The Balaban J connectivity index is 1.99. The van der Waals surface area contributed by atoms with Crippen LogP contribution in [0.15, 0.2) is 6.20 Å². The summed E-state index contributed by atoms with van der Waals surface area (Å²) in [5.74, 6) is 0. The predicted octanol–water partition coefficient (Wildman–Crippen LogP) is 1.61. The van der Waals surface area contributed by atoms with E-state index >= 15 is 0 Å². The van der Waals surface area contributed by atoms with E-state index < -0.39 is 0 Å². The number of aromatic nitrogens is 2. The zero-order chi connectivity index (χ0) is 11.8. The lowest BCUT2D eigenvalue weighted by molar-refractivity contribution is -0.0230. The molecule has 16 heavy (non-hydrogen) atoms. The third-order valence-corrected chi connectivity index (χ3v) is 3.21. The molecular weight excluding hydrogens is 202 g/mol. The van der Waals surface area contributed by atoms with Gasteiger partial charge in [-0.2, -0.15) is 5.10 Å². The number of hydrogen-bond donors (Lipinski definition) is 1. The van der Waals surface area contributed by atoms with Gasteiger partial charge in [0, 0.05) is 18.3 Å². The molecule has 2 heterocycles. The van der Waals surface area contributed by atoms with Crippen LogP contribution >= 0.6 is 0 Å². The summed E-state index contributed by atoms with van der Waals surface area (Å²) in [4.78, 5) is 0. The van der Waals surface area contributed by atoms with Crippen molar-refractivity contribution in [2.75, 3.05) is 0 Å². The Kier molecular flexibility index (Phi) is 3.04. The Morgan fingerprint density at radius 1 is 1.62 bits per heavy atom. The van der Waals surface area contributed by atoms with Gasteiger partial charge in [-0.25, -0.2) is 0 Å². The highest BCUT2D eigenvalue weighted by atomic mass is 16.5. The van der Waals surface area contributed by atoms with Gasteiger partial charge in [-0.05, 0) is 33.6 Å². The van der Waals surface area contributed by atoms with Crippen LogP contribution in [0.5, 0.6) is 0 Å². The van der Waals surface area contributed by atoms with Crippen molar-refractivity contribution in [1.29, 1.82) is 0 Å². The van der Waals surface area contributed by atoms with Crippen molar-refractivity contribution in [1.82, 2.24) is 9.78 Å². The Labute approximate surface area is 96.8 Å². The normalized spacial score (nSPS) is 23.9. The van der Waals surface area contributed by atoms with E-state index in [0.717, 1.165) is 30.6 Å². The molecule has 1 unspecified atom stereocenters. The molecule has 1 aromatic rings. The molecule has 0 aliphatic carbocycles. The molecule has 1 aromatic heterocycles. The van der Waals surface area contributed by atoms with E-state index in [4.69, 9.17) is 10.5 Å². The number of hydrogen-bond acceptors (Lipinski definition) is 3. The lowest BCUT2D eigenvalue weighted by Gasteiger charge is -2.19. The van der Waals surface area contributed by atoms with E-state index in [9.17, 15) is 0 Å². The van der Waals surface area contributed by atoms with Crippen LogP contribution in [0, 0.1) is 6.92 Å². The molecule has 1 saturated heterocycles. The summed E-state index contributed by atoms with van der Waals surface area (Å²) >= 11 is 0. The van der Waals surface area contributed by atoms with Gasteiger partial charge in [0.1, 0.15) is 0 Å². The molecule has 1 aliphatic heterocycles. The molecule has 1 fully saturated rings. The topological polar surface area (TPSA) is 53.1 Å². The smallest absolute Gasteiger partial charge is 0.0779 e. The van der Waals surface area contributed by atoms with Crippen LogP contribution in [0.4, 0.5) is 0 Å². The van der Waals surface area contributed by atoms with E-state index in [0.29, 0.717) is 12.6 Å². The van der Waals surface area contributed by atoms with Crippen molar-refractivity contribution in [2.45, 2.75) is 58.4 Å². The standard InChI is InChI=1S/C12H21N3O/c1-9-10(6-13)7-15(14-9)8-11-4-5-12(2,3)16-11/h7,11H,4-6,8,13H2,1-3H3. The van der Waals surface area contributed by atoms with Gasteiger partial charge in [-0.15, -0.1) is 0 Å². The second-order valence-electron chi connectivity index (χ2n) is 5.20. The number of ether oxygens (including phenoxy) is 1. The first-order valence-corrected chi connectivity index (χ1v) is 5.91. The minimum Gasteiger partial charge on any atom is -0.370 e. The maximum Gasteiger partial charge on any atom is 0.0779 e. The highest BCUT2D eigenvalue weighted by Crippen LogP contribution is 2.30. The second kappa shape index (κ2) is 4.18. The minimum atomic E-state index is 0.0313. The van der Waals surface area contributed by atoms with Crippen LogP contribution < -0.4 is 5.73 Å². The zero-order valence-electron chi connectivity index (χ0n) is 10.4. The Bertz CT molecular complexity index is 370. The molecule has 1 atom stereocenters. The monoisotopic (exact) mass is 223 g/mol. The van der Waals surface area contributed by atoms with Crippen LogP contribution in [0.3, 0.4) is 0 Å². The Hall–Kier alpha value is -0.870. The van der Waals surface area contributed by atoms with Crippen molar-refractivity contribution in [2.24, 2.45) is 5.73 Å². The van der Waals surface area contributed by atoms with Crippen molar-refractivity contribution >= 4 is 0 Å². The lowest BCUT2D eigenvalue weighted by Crippen LogP contribution is -2.23. The fourth-order valence-corrected chi connectivity index (χ4v) is 2.27. The average Bonchev–Trinajstić information content (AvgIpc) is 2.70. The van der Waals surface area contributed by atoms with Crippen molar-refractivity contribution < 1.29 is 4.74 Å². The van der Waals surface area contributed by atoms with Crippen LogP contribution in [-0.2, 0) is 17.8 Å². The predicted molar refractivity (Wildman–Crippen MR) is 63.0 cm³/mol. The summed E-state index contributed by atoms with van der Waals surface area (Å²) in [6.45, 7) is 7.69. The van der Waals surface area contributed by atoms with E-state index in [2.05, 4.69) is 18.9 Å². The molecule has 4 heteroatoms. The number of nitrogens with two attached hydrogens (primary N) is 1. The third-order valence-electron chi connectivity index (χ3n) is 3.21. The summed E-state index contributed by atoms with van der Waals surface area (Å²) in [5.41, 5.74) is 7.81. The quantitative estimate of drug-likeness (QED) is 0.847. The van der Waals surface area contributed by atoms with Crippen molar-refractivity contribution in [3.8, 4) is 0 Å². The Morgan fingerprint density at radius 3 is 2.88 bits per heavy atom. The first-order chi connectivity index (χ1) is 7.50. The third kappa shape index (κ3) is 2.44. The van der Waals surface area contributed by atoms with Crippen molar-refractivity contribution in [3.05, 3.63) is 17.5 Å². The van der Waals surface area contributed by atoms with Crippen molar-refractivity contribution in [3.63, 3.8) is 0 Å². The maximum absolute atomic E-state index is 5.94. The molecule has 0 saturated carbocycles. The molecule has 0 radical (unpaired) electrons. The van der Waals surface area contributed by atoms with Gasteiger partial charge >= 0.3 is 0 Å². The van der Waals surface area contributed by atoms with Crippen LogP contribution in [0.2, 0.25) is 0 Å². The van der Waals surface area contributed by atoms with Gasteiger partial charge in [-0.3, -0.25) is 4.68 Å². The maximum atomic E-state index is 5.94. The minimum absolute atomic E-state index is 0.0313. The summed E-state index contributed by atoms with van der Waals surface area (Å²) in [7, 11) is 0. The lowest BCUT2D eigenvalue weighted by atomic mass is 10.1. The molecule has 4 nitrogen and oxygen atoms in total. The molecule has 0 aromatic carbocycles. The molecule has 1 aliphatic rings. The highest BCUT2D eigenvalue weighted by Gasteiger charge is 2.31. The van der Waals surface area contributed by atoms with Gasteiger partial charge in [0.25, 0.3) is 0 Å². The molecule has 2 N–H and O–H groups in total. The summed E-state index contributed by atoms with van der Waals surface area (Å²) in [5, 5.41) is 4.45.